The Morgan fingerprint density at radius 1 is 1.06 bits per heavy atom. The first kappa shape index (κ1) is 15.0. The summed E-state index contributed by atoms with van der Waals surface area (Å²) < 4.78 is 13.3. The van der Waals surface area contributed by atoms with Crippen molar-refractivity contribution in [1.82, 2.24) is 4.90 Å². The number of nitrogens with zero attached hydrogens (tertiary/aromatic N) is 1. The largest absolute Gasteiger partial charge is 0.399 e. The molecule has 3 heteroatoms. The zero-order valence-corrected chi connectivity index (χ0v) is 11.9. The second-order valence-electron chi connectivity index (χ2n) is 5.87. The molecule has 0 spiro atoms. The Kier molecular flexibility index (Phi) is 5.60. The quantitative estimate of drug-likeness (QED) is 0.785. The van der Waals surface area contributed by atoms with Gasteiger partial charge in [0.15, 0.2) is 0 Å². The zero-order chi connectivity index (χ0) is 13.7. The van der Waals surface area contributed by atoms with E-state index in [4.69, 9.17) is 5.73 Å². The monoisotopic (exact) mass is 252 g/mol. The summed E-state index contributed by atoms with van der Waals surface area (Å²) in [7, 11) is 0. The summed E-state index contributed by atoms with van der Waals surface area (Å²) in [5.74, 6) is 0.961. The lowest BCUT2D eigenvalue weighted by atomic mass is 10.1. The molecule has 1 aromatic rings. The van der Waals surface area contributed by atoms with Crippen molar-refractivity contribution in [2.45, 2.75) is 34.2 Å². The molecule has 0 radical (unpaired) electrons. The fraction of sp³-hybridized carbons (Fsp3) is 0.600. The second kappa shape index (κ2) is 6.74. The number of nitrogens with two attached hydrogens (primary N) is 1. The molecular weight excluding hydrogens is 227 g/mol. The molecule has 0 aliphatic heterocycles. The Bertz CT molecular complexity index is 345. The van der Waals surface area contributed by atoms with Crippen LogP contribution in [0, 0.1) is 17.7 Å². The van der Waals surface area contributed by atoms with Gasteiger partial charge in [-0.3, -0.25) is 4.90 Å². The Morgan fingerprint density at radius 3 is 2.06 bits per heavy atom. The summed E-state index contributed by atoms with van der Waals surface area (Å²) in [5, 5.41) is 0. The lowest BCUT2D eigenvalue weighted by Crippen LogP contribution is -2.31. The Balaban J connectivity index is 2.74. The highest BCUT2D eigenvalue weighted by atomic mass is 19.1. The van der Waals surface area contributed by atoms with E-state index >= 15 is 0 Å². The second-order valence-corrected chi connectivity index (χ2v) is 5.87. The number of halogens is 1. The first-order valence-corrected chi connectivity index (χ1v) is 6.64. The van der Waals surface area contributed by atoms with Crippen molar-refractivity contribution >= 4 is 5.69 Å². The molecule has 1 rings (SSSR count). The zero-order valence-electron chi connectivity index (χ0n) is 11.9. The van der Waals surface area contributed by atoms with Crippen molar-refractivity contribution in [1.29, 1.82) is 0 Å². The van der Waals surface area contributed by atoms with E-state index < -0.39 is 0 Å². The third-order valence-corrected chi connectivity index (χ3v) is 2.63. The number of anilines is 1. The van der Waals surface area contributed by atoms with Crippen LogP contribution in [-0.4, -0.2) is 18.0 Å². The number of nitrogen functional groups attached to an aromatic ring is 1. The minimum atomic E-state index is -0.251. The van der Waals surface area contributed by atoms with E-state index in [9.17, 15) is 4.39 Å². The molecule has 0 bridgehead atoms. The molecule has 18 heavy (non-hydrogen) atoms. The van der Waals surface area contributed by atoms with E-state index in [2.05, 4.69) is 32.6 Å². The summed E-state index contributed by atoms with van der Waals surface area (Å²) >= 11 is 0. The molecule has 1 aromatic carbocycles. The topological polar surface area (TPSA) is 29.3 Å². The third kappa shape index (κ3) is 5.50. The molecule has 0 heterocycles. The van der Waals surface area contributed by atoms with E-state index in [0.29, 0.717) is 17.5 Å². The summed E-state index contributed by atoms with van der Waals surface area (Å²) in [6.07, 6.45) is 0. The predicted molar refractivity (Wildman–Crippen MR) is 75.8 cm³/mol. The highest BCUT2D eigenvalue weighted by Crippen LogP contribution is 2.15. The molecule has 2 nitrogen and oxygen atoms in total. The number of hydrogen-bond acceptors (Lipinski definition) is 2. The Labute approximate surface area is 110 Å². The van der Waals surface area contributed by atoms with Crippen LogP contribution in [0.5, 0.6) is 0 Å². The molecule has 2 N–H and O–H groups in total. The first-order chi connectivity index (χ1) is 8.36. The van der Waals surface area contributed by atoms with Crippen molar-refractivity contribution in [3.8, 4) is 0 Å². The van der Waals surface area contributed by atoms with Gasteiger partial charge in [-0.1, -0.05) is 27.7 Å². The highest BCUT2D eigenvalue weighted by molar-refractivity contribution is 5.41. The van der Waals surface area contributed by atoms with Crippen LogP contribution in [0.25, 0.3) is 0 Å². The van der Waals surface area contributed by atoms with Gasteiger partial charge in [0.1, 0.15) is 5.82 Å². The maximum absolute atomic E-state index is 13.3. The molecule has 0 amide bonds. The van der Waals surface area contributed by atoms with E-state index in [1.165, 1.54) is 6.07 Å². The van der Waals surface area contributed by atoms with E-state index in [-0.39, 0.29) is 5.82 Å². The first-order valence-electron chi connectivity index (χ1n) is 6.64. The molecule has 0 aliphatic carbocycles. The average Bonchev–Trinajstić information content (AvgIpc) is 2.12. The van der Waals surface area contributed by atoms with Gasteiger partial charge in [0.25, 0.3) is 0 Å². The number of benzene rings is 1. The minimum absolute atomic E-state index is 0.251. The molecule has 0 saturated heterocycles. The maximum Gasteiger partial charge on any atom is 0.125 e. The van der Waals surface area contributed by atoms with Gasteiger partial charge < -0.3 is 5.73 Å². The molecule has 102 valence electrons. The maximum atomic E-state index is 13.3. The average molecular weight is 252 g/mol. The molecule has 0 aliphatic rings. The lowest BCUT2D eigenvalue weighted by Gasteiger charge is -2.26. The van der Waals surface area contributed by atoms with Gasteiger partial charge in [-0.05, 0) is 35.6 Å². The third-order valence-electron chi connectivity index (χ3n) is 2.63. The van der Waals surface area contributed by atoms with E-state index in [1.807, 2.05) is 6.07 Å². The van der Waals surface area contributed by atoms with Crippen molar-refractivity contribution < 1.29 is 4.39 Å². The smallest absolute Gasteiger partial charge is 0.125 e. The number of hydrogen-bond donors (Lipinski definition) is 1. The van der Waals surface area contributed by atoms with Crippen LogP contribution in [0.2, 0.25) is 0 Å². The van der Waals surface area contributed by atoms with Crippen LogP contribution in [-0.2, 0) is 6.54 Å². The molecule has 0 saturated carbocycles. The van der Waals surface area contributed by atoms with Gasteiger partial charge in [-0.25, -0.2) is 4.39 Å². The Morgan fingerprint density at radius 2 is 1.61 bits per heavy atom. The van der Waals surface area contributed by atoms with Gasteiger partial charge in [0.05, 0.1) is 0 Å². The fourth-order valence-corrected chi connectivity index (χ4v) is 2.26. The minimum Gasteiger partial charge on any atom is -0.399 e. The van der Waals surface area contributed by atoms with Crippen molar-refractivity contribution in [3.05, 3.63) is 29.6 Å². The van der Waals surface area contributed by atoms with Gasteiger partial charge in [0.2, 0.25) is 0 Å². The van der Waals surface area contributed by atoms with E-state index in [1.54, 1.807) is 6.07 Å². The molecule has 0 atom stereocenters. The summed E-state index contributed by atoms with van der Waals surface area (Å²) in [5.41, 5.74) is 7.13. The van der Waals surface area contributed by atoms with Gasteiger partial charge in [0, 0.05) is 25.3 Å². The van der Waals surface area contributed by atoms with Crippen molar-refractivity contribution in [2.24, 2.45) is 11.8 Å². The highest BCUT2D eigenvalue weighted by Gasteiger charge is 2.11. The fourth-order valence-electron chi connectivity index (χ4n) is 2.26. The standard InChI is InChI=1S/C15H25FN2/c1-11(2)8-18(9-12(3)4)10-13-5-14(16)7-15(17)6-13/h5-7,11-12H,8-10,17H2,1-4H3. The van der Waals surface area contributed by atoms with Crippen LogP contribution < -0.4 is 5.73 Å². The van der Waals surface area contributed by atoms with Crippen molar-refractivity contribution in [3.63, 3.8) is 0 Å². The molecule has 0 fully saturated rings. The van der Waals surface area contributed by atoms with Crippen LogP contribution in [0.15, 0.2) is 18.2 Å². The van der Waals surface area contributed by atoms with Gasteiger partial charge >= 0.3 is 0 Å². The Hall–Kier alpha value is -1.09. The summed E-state index contributed by atoms with van der Waals surface area (Å²) in [4.78, 5) is 2.36. The van der Waals surface area contributed by atoms with Crippen LogP contribution >= 0.6 is 0 Å². The normalized spacial score (nSPS) is 11.8. The summed E-state index contributed by atoms with van der Waals surface area (Å²) in [6, 6.07) is 4.79. The molecule has 0 aromatic heterocycles. The van der Waals surface area contributed by atoms with Crippen molar-refractivity contribution in [2.75, 3.05) is 18.8 Å². The van der Waals surface area contributed by atoms with Crippen LogP contribution in [0.4, 0.5) is 10.1 Å². The van der Waals surface area contributed by atoms with Gasteiger partial charge in [-0.2, -0.15) is 0 Å². The lowest BCUT2D eigenvalue weighted by molar-refractivity contribution is 0.211. The molecule has 0 unspecified atom stereocenters. The van der Waals surface area contributed by atoms with Crippen LogP contribution in [0.1, 0.15) is 33.3 Å². The molecular formula is C15H25FN2. The SMILES string of the molecule is CC(C)CN(Cc1cc(N)cc(F)c1)CC(C)C. The summed E-state index contributed by atoms with van der Waals surface area (Å²) in [6.45, 7) is 11.6. The number of rotatable bonds is 6. The van der Waals surface area contributed by atoms with Crippen LogP contribution in [0.3, 0.4) is 0 Å². The van der Waals surface area contributed by atoms with Gasteiger partial charge in [-0.15, -0.1) is 0 Å². The predicted octanol–water partition coefficient (Wildman–Crippen LogP) is 3.52. The van der Waals surface area contributed by atoms with E-state index in [0.717, 1.165) is 25.2 Å².